The topological polar surface area (TPSA) is 95.7 Å². The molecule has 0 spiro atoms. The highest BCUT2D eigenvalue weighted by atomic mass is 32.2. The first-order valence-electron chi connectivity index (χ1n) is 6.45. The SMILES string of the molecule is CN(C)CCNC(=O)CN(c1ccc(N)cc1)S(C)(=O)=O. The highest BCUT2D eigenvalue weighted by Gasteiger charge is 2.20. The zero-order chi connectivity index (χ0) is 16.0. The average Bonchev–Trinajstić information content (AvgIpc) is 2.35. The summed E-state index contributed by atoms with van der Waals surface area (Å²) in [4.78, 5) is 13.8. The molecule has 1 amide bonds. The molecule has 0 aliphatic carbocycles. The Bertz CT molecular complexity index is 570. The van der Waals surface area contributed by atoms with Crippen molar-refractivity contribution in [2.24, 2.45) is 0 Å². The molecule has 21 heavy (non-hydrogen) atoms. The van der Waals surface area contributed by atoms with Crippen molar-refractivity contribution in [2.75, 3.05) is 50.0 Å². The smallest absolute Gasteiger partial charge is 0.240 e. The molecule has 1 aromatic carbocycles. The zero-order valence-corrected chi connectivity index (χ0v) is 13.4. The molecule has 0 saturated carbocycles. The average molecular weight is 314 g/mol. The number of nitrogen functional groups attached to an aromatic ring is 1. The van der Waals surface area contributed by atoms with Crippen LogP contribution in [0.1, 0.15) is 0 Å². The first kappa shape index (κ1) is 17.3. The Balaban J connectivity index is 2.76. The molecule has 118 valence electrons. The van der Waals surface area contributed by atoms with Gasteiger partial charge in [0.05, 0.1) is 11.9 Å². The molecule has 0 aliphatic heterocycles. The molecule has 1 rings (SSSR count). The van der Waals surface area contributed by atoms with Gasteiger partial charge in [0.1, 0.15) is 6.54 Å². The maximum Gasteiger partial charge on any atom is 0.240 e. The van der Waals surface area contributed by atoms with Gasteiger partial charge in [0.15, 0.2) is 0 Å². The van der Waals surface area contributed by atoms with Gasteiger partial charge in [0, 0.05) is 18.8 Å². The van der Waals surface area contributed by atoms with E-state index in [0.717, 1.165) is 10.6 Å². The maximum absolute atomic E-state index is 11.9. The standard InChI is InChI=1S/C13H22N4O3S/c1-16(2)9-8-15-13(18)10-17(21(3,19)20)12-6-4-11(14)5-7-12/h4-7H,8-10,14H2,1-3H3,(H,15,18). The van der Waals surface area contributed by atoms with E-state index in [1.165, 1.54) is 0 Å². The lowest BCUT2D eigenvalue weighted by molar-refractivity contribution is -0.119. The lowest BCUT2D eigenvalue weighted by atomic mass is 10.3. The van der Waals surface area contributed by atoms with E-state index < -0.39 is 10.0 Å². The summed E-state index contributed by atoms with van der Waals surface area (Å²) in [6.45, 7) is 0.897. The van der Waals surface area contributed by atoms with E-state index in [0.29, 0.717) is 24.5 Å². The van der Waals surface area contributed by atoms with Crippen LogP contribution in [-0.4, -0.2) is 59.2 Å². The molecule has 0 radical (unpaired) electrons. The van der Waals surface area contributed by atoms with E-state index in [1.807, 2.05) is 19.0 Å². The number of sulfonamides is 1. The van der Waals surface area contributed by atoms with Crippen molar-refractivity contribution in [2.45, 2.75) is 0 Å². The Kier molecular flexibility index (Phi) is 5.98. The summed E-state index contributed by atoms with van der Waals surface area (Å²) >= 11 is 0. The van der Waals surface area contributed by atoms with E-state index in [9.17, 15) is 13.2 Å². The lowest BCUT2D eigenvalue weighted by Gasteiger charge is -2.22. The Hall–Kier alpha value is -1.80. The summed E-state index contributed by atoms with van der Waals surface area (Å²) < 4.78 is 24.7. The van der Waals surface area contributed by atoms with Gasteiger partial charge in [-0.3, -0.25) is 9.10 Å². The van der Waals surface area contributed by atoms with Gasteiger partial charge in [-0.15, -0.1) is 0 Å². The number of nitrogens with two attached hydrogens (primary N) is 1. The molecule has 7 nitrogen and oxygen atoms in total. The lowest BCUT2D eigenvalue weighted by Crippen LogP contribution is -2.42. The number of anilines is 2. The first-order chi connectivity index (χ1) is 9.70. The van der Waals surface area contributed by atoms with Crippen LogP contribution < -0.4 is 15.4 Å². The molecule has 0 unspecified atom stereocenters. The van der Waals surface area contributed by atoms with Crippen LogP contribution in [0.2, 0.25) is 0 Å². The highest BCUT2D eigenvalue weighted by molar-refractivity contribution is 7.92. The number of amides is 1. The number of hydrogen-bond donors (Lipinski definition) is 2. The van der Waals surface area contributed by atoms with Crippen molar-refractivity contribution in [3.8, 4) is 0 Å². The molecule has 0 atom stereocenters. The van der Waals surface area contributed by atoms with Crippen LogP contribution in [0.15, 0.2) is 24.3 Å². The van der Waals surface area contributed by atoms with E-state index in [1.54, 1.807) is 24.3 Å². The van der Waals surface area contributed by atoms with Crippen molar-refractivity contribution >= 4 is 27.3 Å². The number of carbonyl (C=O) groups is 1. The van der Waals surface area contributed by atoms with Gasteiger partial charge in [-0.2, -0.15) is 0 Å². The molecule has 0 saturated heterocycles. The minimum atomic E-state index is -3.55. The number of nitrogens with zero attached hydrogens (tertiary/aromatic N) is 2. The van der Waals surface area contributed by atoms with Gasteiger partial charge in [0.25, 0.3) is 0 Å². The maximum atomic E-state index is 11.9. The van der Waals surface area contributed by atoms with Gasteiger partial charge in [-0.05, 0) is 38.4 Å². The number of benzene rings is 1. The molecular formula is C13H22N4O3S. The molecule has 0 heterocycles. The van der Waals surface area contributed by atoms with Gasteiger partial charge in [-0.25, -0.2) is 8.42 Å². The summed E-state index contributed by atoms with van der Waals surface area (Å²) in [5.41, 5.74) is 6.52. The van der Waals surface area contributed by atoms with Crippen LogP contribution in [0.4, 0.5) is 11.4 Å². The third kappa shape index (κ3) is 6.01. The Labute approximate surface area is 125 Å². The van der Waals surface area contributed by atoms with Gasteiger partial charge in [0.2, 0.25) is 15.9 Å². The van der Waals surface area contributed by atoms with Crippen molar-refractivity contribution in [1.82, 2.24) is 10.2 Å². The second kappa shape index (κ2) is 7.28. The summed E-state index contributed by atoms with van der Waals surface area (Å²) in [5.74, 6) is -0.348. The summed E-state index contributed by atoms with van der Waals surface area (Å²) in [6.07, 6.45) is 1.07. The van der Waals surface area contributed by atoms with Crippen molar-refractivity contribution in [1.29, 1.82) is 0 Å². The van der Waals surface area contributed by atoms with Crippen LogP contribution in [0.25, 0.3) is 0 Å². The number of rotatable bonds is 7. The van der Waals surface area contributed by atoms with Crippen LogP contribution >= 0.6 is 0 Å². The van der Waals surface area contributed by atoms with Gasteiger partial charge in [-0.1, -0.05) is 0 Å². The van der Waals surface area contributed by atoms with Crippen molar-refractivity contribution in [3.63, 3.8) is 0 Å². The predicted octanol–water partition coefficient (Wildman–Crippen LogP) is -0.287. The number of likely N-dealkylation sites (N-methyl/N-ethyl adjacent to an activating group) is 1. The van der Waals surface area contributed by atoms with Crippen LogP contribution in [-0.2, 0) is 14.8 Å². The fourth-order valence-electron chi connectivity index (χ4n) is 1.65. The molecule has 8 heteroatoms. The van der Waals surface area contributed by atoms with Crippen molar-refractivity contribution in [3.05, 3.63) is 24.3 Å². The molecule has 3 N–H and O–H groups in total. The second-order valence-corrected chi connectivity index (χ2v) is 6.92. The Morgan fingerprint density at radius 3 is 2.29 bits per heavy atom. The molecule has 1 aromatic rings. The third-order valence-corrected chi connectivity index (χ3v) is 3.89. The van der Waals surface area contributed by atoms with Gasteiger partial charge >= 0.3 is 0 Å². The predicted molar refractivity (Wildman–Crippen MR) is 84.6 cm³/mol. The van der Waals surface area contributed by atoms with E-state index in [4.69, 9.17) is 5.73 Å². The molecular weight excluding hydrogens is 292 g/mol. The number of hydrogen-bond acceptors (Lipinski definition) is 5. The van der Waals surface area contributed by atoms with E-state index in [-0.39, 0.29) is 12.5 Å². The van der Waals surface area contributed by atoms with Crippen LogP contribution in [0.5, 0.6) is 0 Å². The first-order valence-corrected chi connectivity index (χ1v) is 8.29. The largest absolute Gasteiger partial charge is 0.399 e. The quantitative estimate of drug-likeness (QED) is 0.675. The minimum absolute atomic E-state index is 0.254. The summed E-state index contributed by atoms with van der Waals surface area (Å²) in [6, 6.07) is 6.34. The fraction of sp³-hybridized carbons (Fsp3) is 0.462. The minimum Gasteiger partial charge on any atom is -0.399 e. The third-order valence-electron chi connectivity index (χ3n) is 2.75. The zero-order valence-electron chi connectivity index (χ0n) is 12.5. The number of carbonyl (C=O) groups excluding carboxylic acids is 1. The van der Waals surface area contributed by atoms with E-state index >= 15 is 0 Å². The summed E-state index contributed by atoms with van der Waals surface area (Å²) in [5, 5.41) is 2.69. The number of nitrogens with one attached hydrogen (secondary N) is 1. The molecule has 0 bridgehead atoms. The summed E-state index contributed by atoms with van der Waals surface area (Å²) in [7, 11) is 0.238. The van der Waals surface area contributed by atoms with Gasteiger partial charge < -0.3 is 16.0 Å². The van der Waals surface area contributed by atoms with E-state index in [2.05, 4.69) is 5.32 Å². The molecule has 0 aliphatic rings. The highest BCUT2D eigenvalue weighted by Crippen LogP contribution is 2.18. The van der Waals surface area contributed by atoms with Crippen LogP contribution in [0, 0.1) is 0 Å². The normalized spacial score (nSPS) is 11.4. The molecule has 0 aromatic heterocycles. The Morgan fingerprint density at radius 1 is 1.24 bits per heavy atom. The van der Waals surface area contributed by atoms with Crippen molar-refractivity contribution < 1.29 is 13.2 Å². The Morgan fingerprint density at radius 2 is 1.81 bits per heavy atom. The fourth-order valence-corrected chi connectivity index (χ4v) is 2.50. The second-order valence-electron chi connectivity index (χ2n) is 5.01. The monoisotopic (exact) mass is 314 g/mol. The molecule has 0 fully saturated rings. The van der Waals surface area contributed by atoms with Crippen LogP contribution in [0.3, 0.4) is 0 Å².